The van der Waals surface area contributed by atoms with Crippen molar-refractivity contribution in [1.82, 2.24) is 0 Å². The van der Waals surface area contributed by atoms with E-state index in [-0.39, 0.29) is 0 Å². The van der Waals surface area contributed by atoms with E-state index in [1.165, 1.54) is 24.0 Å². The van der Waals surface area contributed by atoms with Gasteiger partial charge in [0.2, 0.25) is 0 Å². The molecule has 1 aromatic carbocycles. The van der Waals surface area contributed by atoms with Gasteiger partial charge in [-0.25, -0.2) is 0 Å². The Kier molecular flexibility index (Phi) is 5.41. The molecule has 0 heterocycles. The molecule has 0 spiro atoms. The summed E-state index contributed by atoms with van der Waals surface area (Å²) in [5.41, 5.74) is 8.53. The summed E-state index contributed by atoms with van der Waals surface area (Å²) in [6.07, 6.45) is 4.72. The van der Waals surface area contributed by atoms with Gasteiger partial charge in [-0.15, -0.1) is 0 Å². The number of benzene rings is 1. The first-order valence-corrected chi connectivity index (χ1v) is 6.10. The summed E-state index contributed by atoms with van der Waals surface area (Å²) in [5.74, 6) is 0.658. The molecule has 0 bridgehead atoms. The molecule has 1 heteroatoms. The van der Waals surface area contributed by atoms with Crippen molar-refractivity contribution < 1.29 is 0 Å². The monoisotopic (exact) mass is 205 g/mol. The van der Waals surface area contributed by atoms with Crippen molar-refractivity contribution in [1.29, 1.82) is 0 Å². The summed E-state index contributed by atoms with van der Waals surface area (Å²) < 4.78 is 0. The standard InChI is InChI=1S/C14H23N/c1-3-5-13(10-11-15)14-8-6-12(4-2)7-9-14/h6-9,13H,3-5,10-11,15H2,1-2H3. The minimum Gasteiger partial charge on any atom is -0.330 e. The Balaban J connectivity index is 2.72. The van der Waals surface area contributed by atoms with E-state index in [0.717, 1.165) is 19.4 Å². The van der Waals surface area contributed by atoms with Gasteiger partial charge in [0.1, 0.15) is 0 Å². The van der Waals surface area contributed by atoms with Crippen LogP contribution in [0.15, 0.2) is 24.3 Å². The smallest absolute Gasteiger partial charge is 0.00714 e. The fraction of sp³-hybridized carbons (Fsp3) is 0.571. The van der Waals surface area contributed by atoms with Gasteiger partial charge in [0.15, 0.2) is 0 Å². The Morgan fingerprint density at radius 1 is 1.07 bits per heavy atom. The maximum absolute atomic E-state index is 5.65. The molecule has 0 saturated carbocycles. The van der Waals surface area contributed by atoms with E-state index in [1.807, 2.05) is 0 Å². The highest BCUT2D eigenvalue weighted by Crippen LogP contribution is 2.24. The van der Waals surface area contributed by atoms with E-state index in [2.05, 4.69) is 38.1 Å². The molecule has 84 valence electrons. The van der Waals surface area contributed by atoms with Crippen LogP contribution in [-0.2, 0) is 6.42 Å². The quantitative estimate of drug-likeness (QED) is 0.756. The maximum Gasteiger partial charge on any atom is -0.00714 e. The summed E-state index contributed by atoms with van der Waals surface area (Å²) in [7, 11) is 0. The van der Waals surface area contributed by atoms with E-state index >= 15 is 0 Å². The zero-order valence-corrected chi connectivity index (χ0v) is 10.00. The number of rotatable bonds is 6. The number of hydrogen-bond donors (Lipinski definition) is 1. The molecule has 1 nitrogen and oxygen atoms in total. The van der Waals surface area contributed by atoms with Crippen molar-refractivity contribution in [2.45, 2.75) is 45.4 Å². The molecular weight excluding hydrogens is 182 g/mol. The van der Waals surface area contributed by atoms with Crippen LogP contribution in [0.1, 0.15) is 50.2 Å². The Hall–Kier alpha value is -0.820. The predicted molar refractivity (Wildman–Crippen MR) is 67.1 cm³/mol. The third kappa shape index (κ3) is 3.67. The molecule has 2 N–H and O–H groups in total. The molecule has 0 aliphatic rings. The SMILES string of the molecule is CCCC(CCN)c1ccc(CC)cc1. The van der Waals surface area contributed by atoms with Crippen LogP contribution < -0.4 is 5.73 Å². The average molecular weight is 205 g/mol. The van der Waals surface area contributed by atoms with Gasteiger partial charge in [-0.2, -0.15) is 0 Å². The molecule has 0 aromatic heterocycles. The largest absolute Gasteiger partial charge is 0.330 e. The van der Waals surface area contributed by atoms with Crippen LogP contribution in [-0.4, -0.2) is 6.54 Å². The first-order chi connectivity index (χ1) is 7.31. The molecule has 0 amide bonds. The first kappa shape index (κ1) is 12.3. The number of aryl methyl sites for hydroxylation is 1. The van der Waals surface area contributed by atoms with Crippen LogP contribution in [0.3, 0.4) is 0 Å². The molecule has 1 unspecified atom stereocenters. The van der Waals surface area contributed by atoms with Crippen molar-refractivity contribution in [3.8, 4) is 0 Å². The summed E-state index contributed by atoms with van der Waals surface area (Å²) >= 11 is 0. The Labute approximate surface area is 93.7 Å². The second-order valence-corrected chi connectivity index (χ2v) is 4.16. The van der Waals surface area contributed by atoms with Gasteiger partial charge >= 0.3 is 0 Å². The molecule has 0 aliphatic heterocycles. The molecule has 0 radical (unpaired) electrons. The molecule has 1 aromatic rings. The number of hydrogen-bond acceptors (Lipinski definition) is 1. The third-order valence-corrected chi connectivity index (χ3v) is 3.01. The lowest BCUT2D eigenvalue weighted by molar-refractivity contribution is 0.575. The van der Waals surface area contributed by atoms with E-state index in [0.29, 0.717) is 5.92 Å². The van der Waals surface area contributed by atoms with Crippen molar-refractivity contribution in [2.24, 2.45) is 5.73 Å². The van der Waals surface area contributed by atoms with E-state index in [1.54, 1.807) is 0 Å². The second-order valence-electron chi connectivity index (χ2n) is 4.16. The van der Waals surface area contributed by atoms with Crippen molar-refractivity contribution in [3.63, 3.8) is 0 Å². The van der Waals surface area contributed by atoms with Crippen molar-refractivity contribution in [3.05, 3.63) is 35.4 Å². The third-order valence-electron chi connectivity index (χ3n) is 3.01. The first-order valence-electron chi connectivity index (χ1n) is 6.10. The van der Waals surface area contributed by atoms with Gasteiger partial charge in [0.25, 0.3) is 0 Å². The highest BCUT2D eigenvalue weighted by Gasteiger charge is 2.08. The molecule has 0 fully saturated rings. The summed E-state index contributed by atoms with van der Waals surface area (Å²) in [4.78, 5) is 0. The van der Waals surface area contributed by atoms with Crippen LogP contribution in [0, 0.1) is 0 Å². The lowest BCUT2D eigenvalue weighted by atomic mass is 9.91. The molecule has 0 saturated heterocycles. The molecule has 1 atom stereocenters. The minimum atomic E-state index is 0.658. The zero-order valence-electron chi connectivity index (χ0n) is 10.00. The van der Waals surface area contributed by atoms with Gasteiger partial charge < -0.3 is 5.73 Å². The maximum atomic E-state index is 5.65. The van der Waals surface area contributed by atoms with Crippen LogP contribution in [0.5, 0.6) is 0 Å². The lowest BCUT2D eigenvalue weighted by Crippen LogP contribution is -2.07. The Morgan fingerprint density at radius 3 is 2.20 bits per heavy atom. The Bertz CT molecular complexity index is 257. The van der Waals surface area contributed by atoms with Crippen LogP contribution in [0.4, 0.5) is 0 Å². The van der Waals surface area contributed by atoms with Crippen LogP contribution >= 0.6 is 0 Å². The van der Waals surface area contributed by atoms with Gasteiger partial charge in [0.05, 0.1) is 0 Å². The second kappa shape index (κ2) is 6.62. The van der Waals surface area contributed by atoms with Gasteiger partial charge in [-0.3, -0.25) is 0 Å². The highest BCUT2D eigenvalue weighted by atomic mass is 14.5. The molecule has 15 heavy (non-hydrogen) atoms. The zero-order chi connectivity index (χ0) is 11.1. The van der Waals surface area contributed by atoms with E-state index in [9.17, 15) is 0 Å². The van der Waals surface area contributed by atoms with Crippen LogP contribution in [0.2, 0.25) is 0 Å². The summed E-state index contributed by atoms with van der Waals surface area (Å²) in [6.45, 7) is 5.22. The predicted octanol–water partition coefficient (Wildman–Crippen LogP) is 3.48. The minimum absolute atomic E-state index is 0.658. The molecular formula is C14H23N. The van der Waals surface area contributed by atoms with E-state index in [4.69, 9.17) is 5.73 Å². The molecule has 1 rings (SSSR count). The normalized spacial score (nSPS) is 12.7. The average Bonchev–Trinajstić information content (AvgIpc) is 2.29. The molecule has 0 aliphatic carbocycles. The fourth-order valence-corrected chi connectivity index (χ4v) is 2.05. The van der Waals surface area contributed by atoms with Crippen molar-refractivity contribution in [2.75, 3.05) is 6.54 Å². The van der Waals surface area contributed by atoms with Gasteiger partial charge in [-0.05, 0) is 42.9 Å². The van der Waals surface area contributed by atoms with Gasteiger partial charge in [-0.1, -0.05) is 44.5 Å². The fourth-order valence-electron chi connectivity index (χ4n) is 2.05. The highest BCUT2D eigenvalue weighted by molar-refractivity contribution is 5.25. The topological polar surface area (TPSA) is 26.0 Å². The summed E-state index contributed by atoms with van der Waals surface area (Å²) in [5, 5.41) is 0. The van der Waals surface area contributed by atoms with Gasteiger partial charge in [0, 0.05) is 0 Å². The van der Waals surface area contributed by atoms with E-state index < -0.39 is 0 Å². The van der Waals surface area contributed by atoms with Crippen LogP contribution in [0.25, 0.3) is 0 Å². The Morgan fingerprint density at radius 2 is 1.73 bits per heavy atom. The van der Waals surface area contributed by atoms with Crippen molar-refractivity contribution >= 4 is 0 Å². The number of nitrogens with two attached hydrogens (primary N) is 1. The lowest BCUT2D eigenvalue weighted by Gasteiger charge is -2.15. The summed E-state index contributed by atoms with van der Waals surface area (Å²) in [6, 6.07) is 9.03.